The topological polar surface area (TPSA) is 72.3 Å². The molecular formula is C16H18FN3O. The van der Waals surface area contributed by atoms with Gasteiger partial charge in [-0.15, -0.1) is 0 Å². The number of anilines is 2. The summed E-state index contributed by atoms with van der Waals surface area (Å²) < 4.78 is 13.9. The van der Waals surface area contributed by atoms with Crippen LogP contribution in [0.4, 0.5) is 15.8 Å². The lowest BCUT2D eigenvalue weighted by atomic mass is 10.1. The highest BCUT2D eigenvalue weighted by atomic mass is 19.1. The molecule has 2 aromatic rings. The summed E-state index contributed by atoms with van der Waals surface area (Å²) in [6, 6.07) is 11.9. The molecule has 0 aromatic heterocycles. The van der Waals surface area contributed by atoms with E-state index in [2.05, 4.69) is 0 Å². The van der Waals surface area contributed by atoms with Gasteiger partial charge in [0.05, 0.1) is 11.3 Å². The summed E-state index contributed by atoms with van der Waals surface area (Å²) >= 11 is 0. The molecule has 0 saturated carbocycles. The Morgan fingerprint density at radius 2 is 1.90 bits per heavy atom. The van der Waals surface area contributed by atoms with Gasteiger partial charge in [-0.25, -0.2) is 4.39 Å². The second kappa shape index (κ2) is 6.26. The smallest absolute Gasteiger partial charge is 0.253 e. The zero-order valence-corrected chi connectivity index (χ0v) is 11.8. The Hall–Kier alpha value is -2.56. The summed E-state index contributed by atoms with van der Waals surface area (Å²) in [4.78, 5) is 13.4. The maximum Gasteiger partial charge on any atom is 0.253 e. The van der Waals surface area contributed by atoms with Crippen LogP contribution in [0.2, 0.25) is 0 Å². The molecule has 0 heterocycles. The average molecular weight is 287 g/mol. The molecule has 4 nitrogen and oxygen atoms in total. The van der Waals surface area contributed by atoms with Crippen LogP contribution in [0.3, 0.4) is 0 Å². The van der Waals surface area contributed by atoms with Gasteiger partial charge in [0, 0.05) is 18.8 Å². The van der Waals surface area contributed by atoms with Gasteiger partial charge in [0.1, 0.15) is 5.82 Å². The molecule has 0 fully saturated rings. The fourth-order valence-electron chi connectivity index (χ4n) is 2.27. The molecule has 2 rings (SSSR count). The molecule has 0 aliphatic carbocycles. The van der Waals surface area contributed by atoms with Crippen LogP contribution >= 0.6 is 0 Å². The van der Waals surface area contributed by atoms with Crippen LogP contribution < -0.4 is 16.4 Å². The number of nitrogens with two attached hydrogens (primary N) is 2. The summed E-state index contributed by atoms with van der Waals surface area (Å²) in [5, 5.41) is 0. The maximum absolute atomic E-state index is 13.9. The number of hydrogen-bond donors (Lipinski definition) is 2. The van der Waals surface area contributed by atoms with Crippen molar-refractivity contribution >= 4 is 17.3 Å². The van der Waals surface area contributed by atoms with Crippen LogP contribution in [0.15, 0.2) is 42.5 Å². The molecule has 0 bridgehead atoms. The number of nitrogens with zero attached hydrogens (tertiary/aromatic N) is 1. The van der Waals surface area contributed by atoms with E-state index >= 15 is 0 Å². The van der Waals surface area contributed by atoms with Crippen molar-refractivity contribution in [2.75, 3.05) is 17.2 Å². The molecule has 5 heteroatoms. The molecule has 0 radical (unpaired) electrons. The van der Waals surface area contributed by atoms with E-state index in [1.165, 1.54) is 6.07 Å². The van der Waals surface area contributed by atoms with Gasteiger partial charge < -0.3 is 16.4 Å². The first kappa shape index (κ1) is 14.8. The molecule has 2 aromatic carbocycles. The molecule has 0 unspecified atom stereocenters. The number of carbonyl (C=O) groups is 1. The largest absolute Gasteiger partial charge is 0.398 e. The Bertz CT molecular complexity index is 658. The highest BCUT2D eigenvalue weighted by Gasteiger charge is 2.18. The zero-order chi connectivity index (χ0) is 15.4. The van der Waals surface area contributed by atoms with Crippen LogP contribution in [0.1, 0.15) is 22.8 Å². The van der Waals surface area contributed by atoms with Crippen LogP contribution in [0.5, 0.6) is 0 Å². The Morgan fingerprint density at radius 3 is 2.52 bits per heavy atom. The van der Waals surface area contributed by atoms with E-state index in [1.54, 1.807) is 12.1 Å². The van der Waals surface area contributed by atoms with Gasteiger partial charge in [-0.05, 0) is 30.7 Å². The first-order valence-electron chi connectivity index (χ1n) is 6.71. The van der Waals surface area contributed by atoms with Crippen molar-refractivity contribution in [2.45, 2.75) is 13.5 Å². The number of rotatable bonds is 5. The lowest BCUT2D eigenvalue weighted by Gasteiger charge is -2.25. The zero-order valence-electron chi connectivity index (χ0n) is 11.8. The fraction of sp³-hybridized carbons (Fsp3) is 0.188. The Kier molecular flexibility index (Phi) is 4.42. The fourth-order valence-corrected chi connectivity index (χ4v) is 2.27. The summed E-state index contributed by atoms with van der Waals surface area (Å²) in [5.74, 6) is -1.39. The summed E-state index contributed by atoms with van der Waals surface area (Å²) in [6.07, 6.45) is 0. The van der Waals surface area contributed by atoms with Crippen LogP contribution in [0, 0.1) is 5.82 Å². The van der Waals surface area contributed by atoms with E-state index in [9.17, 15) is 9.18 Å². The second-order valence-electron chi connectivity index (χ2n) is 4.71. The van der Waals surface area contributed by atoms with Gasteiger partial charge in [0.25, 0.3) is 5.91 Å². The molecule has 0 saturated heterocycles. The van der Waals surface area contributed by atoms with Crippen molar-refractivity contribution < 1.29 is 9.18 Å². The van der Waals surface area contributed by atoms with Crippen molar-refractivity contribution in [1.29, 1.82) is 0 Å². The van der Waals surface area contributed by atoms with Gasteiger partial charge in [-0.3, -0.25) is 4.79 Å². The number of nitrogen functional groups attached to an aromatic ring is 1. The molecule has 21 heavy (non-hydrogen) atoms. The van der Waals surface area contributed by atoms with Gasteiger partial charge >= 0.3 is 0 Å². The molecular weight excluding hydrogens is 269 g/mol. The third-order valence-electron chi connectivity index (χ3n) is 3.38. The van der Waals surface area contributed by atoms with Crippen LogP contribution in [-0.4, -0.2) is 12.5 Å². The summed E-state index contributed by atoms with van der Waals surface area (Å²) in [5.41, 5.74) is 13.2. The standard InChI is InChI=1S/C16H18FN3O/c1-2-20(10-11-6-3-4-8-13(11)18)14-9-5-7-12(17)15(14)16(19)21/h3-9H,2,10,18H2,1H3,(H2,19,21). The van der Waals surface area contributed by atoms with Crippen molar-refractivity contribution in [3.63, 3.8) is 0 Å². The lowest BCUT2D eigenvalue weighted by molar-refractivity contribution is 0.0997. The van der Waals surface area contributed by atoms with E-state index in [-0.39, 0.29) is 5.56 Å². The number of hydrogen-bond acceptors (Lipinski definition) is 3. The lowest BCUT2D eigenvalue weighted by Crippen LogP contribution is -2.27. The van der Waals surface area contributed by atoms with E-state index < -0.39 is 11.7 Å². The highest BCUT2D eigenvalue weighted by molar-refractivity contribution is 5.99. The van der Waals surface area contributed by atoms with Crippen molar-refractivity contribution in [3.05, 3.63) is 59.4 Å². The predicted octanol–water partition coefficient (Wildman–Crippen LogP) is 2.53. The first-order chi connectivity index (χ1) is 10.0. The number of para-hydroxylation sites is 1. The SMILES string of the molecule is CCN(Cc1ccccc1N)c1cccc(F)c1C(N)=O. The van der Waals surface area contributed by atoms with E-state index in [1.807, 2.05) is 36.1 Å². The second-order valence-corrected chi connectivity index (χ2v) is 4.71. The minimum absolute atomic E-state index is 0.0890. The Labute approximate surface area is 123 Å². The van der Waals surface area contributed by atoms with Crippen LogP contribution in [-0.2, 0) is 6.54 Å². The quantitative estimate of drug-likeness (QED) is 0.830. The number of amides is 1. The molecule has 0 aliphatic rings. The van der Waals surface area contributed by atoms with Crippen molar-refractivity contribution in [3.8, 4) is 0 Å². The third-order valence-corrected chi connectivity index (χ3v) is 3.38. The van der Waals surface area contributed by atoms with E-state index in [4.69, 9.17) is 11.5 Å². The monoisotopic (exact) mass is 287 g/mol. The first-order valence-corrected chi connectivity index (χ1v) is 6.71. The third kappa shape index (κ3) is 3.13. The molecule has 1 amide bonds. The Balaban J connectivity index is 2.41. The summed E-state index contributed by atoms with van der Waals surface area (Å²) in [6.45, 7) is 3.00. The summed E-state index contributed by atoms with van der Waals surface area (Å²) in [7, 11) is 0. The van der Waals surface area contributed by atoms with Crippen molar-refractivity contribution in [2.24, 2.45) is 5.73 Å². The minimum Gasteiger partial charge on any atom is -0.398 e. The molecule has 4 N–H and O–H groups in total. The number of halogens is 1. The molecule has 0 atom stereocenters. The van der Waals surface area contributed by atoms with E-state index in [0.29, 0.717) is 24.5 Å². The number of benzene rings is 2. The Morgan fingerprint density at radius 1 is 1.19 bits per heavy atom. The normalized spacial score (nSPS) is 10.4. The van der Waals surface area contributed by atoms with E-state index in [0.717, 1.165) is 5.56 Å². The van der Waals surface area contributed by atoms with Gasteiger partial charge in [-0.1, -0.05) is 24.3 Å². The average Bonchev–Trinajstić information content (AvgIpc) is 2.45. The van der Waals surface area contributed by atoms with Gasteiger partial charge in [-0.2, -0.15) is 0 Å². The van der Waals surface area contributed by atoms with Gasteiger partial charge in [0.2, 0.25) is 0 Å². The maximum atomic E-state index is 13.9. The van der Waals surface area contributed by atoms with Gasteiger partial charge in [0.15, 0.2) is 0 Å². The van der Waals surface area contributed by atoms with Crippen molar-refractivity contribution in [1.82, 2.24) is 0 Å². The highest BCUT2D eigenvalue weighted by Crippen LogP contribution is 2.25. The number of primary amides is 1. The molecule has 0 aliphatic heterocycles. The molecule has 0 spiro atoms. The predicted molar refractivity (Wildman–Crippen MR) is 82.5 cm³/mol. The molecule has 110 valence electrons. The minimum atomic E-state index is -0.775. The number of carbonyl (C=O) groups excluding carboxylic acids is 1. The van der Waals surface area contributed by atoms with Crippen LogP contribution in [0.25, 0.3) is 0 Å².